The molecule has 0 aromatic rings. The lowest BCUT2D eigenvalue weighted by molar-refractivity contribution is 0.183. The quantitative estimate of drug-likeness (QED) is 0.181. The highest BCUT2D eigenvalue weighted by atomic mass is 35.5. The first-order valence-corrected chi connectivity index (χ1v) is 10.9. The SMILES string of the molecule is C=CCSCC=C.CCCCCCCCCCCCC(O)CCl. The van der Waals surface area contributed by atoms with Gasteiger partial charge in [0.2, 0.25) is 0 Å². The van der Waals surface area contributed by atoms with E-state index in [1.54, 1.807) is 0 Å². The second kappa shape index (κ2) is 24.3. The molecule has 0 spiro atoms. The number of aliphatic hydroxyl groups is 1. The van der Waals surface area contributed by atoms with Crippen LogP contribution in [0.3, 0.4) is 0 Å². The van der Waals surface area contributed by atoms with Crippen LogP contribution >= 0.6 is 23.4 Å². The molecule has 0 bridgehead atoms. The van der Waals surface area contributed by atoms with Gasteiger partial charge in [-0.3, -0.25) is 0 Å². The van der Waals surface area contributed by atoms with Crippen molar-refractivity contribution in [2.75, 3.05) is 17.4 Å². The van der Waals surface area contributed by atoms with Crippen LogP contribution in [0, 0.1) is 0 Å². The molecule has 1 atom stereocenters. The molecule has 0 aromatic heterocycles. The van der Waals surface area contributed by atoms with Gasteiger partial charge in [-0.25, -0.2) is 0 Å². The van der Waals surface area contributed by atoms with Gasteiger partial charge in [-0.1, -0.05) is 83.3 Å². The smallest absolute Gasteiger partial charge is 0.0675 e. The Balaban J connectivity index is 0. The second-order valence-corrected chi connectivity index (χ2v) is 7.28. The lowest BCUT2D eigenvalue weighted by atomic mass is 10.1. The zero-order valence-electron chi connectivity index (χ0n) is 15.3. The summed E-state index contributed by atoms with van der Waals surface area (Å²) in [6.07, 6.45) is 17.8. The summed E-state index contributed by atoms with van der Waals surface area (Å²) in [6.45, 7) is 9.41. The van der Waals surface area contributed by atoms with E-state index in [4.69, 9.17) is 11.6 Å². The Morgan fingerprint density at radius 1 is 0.870 bits per heavy atom. The second-order valence-electron chi connectivity index (χ2n) is 5.89. The first-order chi connectivity index (χ1) is 11.2. The molecule has 0 rings (SSSR count). The number of halogens is 1. The van der Waals surface area contributed by atoms with Crippen LogP contribution in [-0.2, 0) is 0 Å². The molecule has 0 saturated heterocycles. The Labute approximate surface area is 155 Å². The van der Waals surface area contributed by atoms with Crippen LogP contribution in [0.1, 0.15) is 77.6 Å². The summed E-state index contributed by atoms with van der Waals surface area (Å²) in [7, 11) is 0. The standard InChI is InChI=1S/C14H29ClO.C6H10S/c1-2-3-4-5-6-7-8-9-10-11-12-14(16)13-15;1-3-5-7-6-4-2/h14,16H,2-13H2,1H3;3-4H,1-2,5-6H2. The molecule has 0 aliphatic heterocycles. The summed E-state index contributed by atoms with van der Waals surface area (Å²) in [4.78, 5) is 0. The molecule has 0 radical (unpaired) electrons. The maximum Gasteiger partial charge on any atom is 0.0675 e. The van der Waals surface area contributed by atoms with Crippen molar-refractivity contribution >= 4 is 23.4 Å². The van der Waals surface area contributed by atoms with Crippen molar-refractivity contribution in [2.45, 2.75) is 83.7 Å². The van der Waals surface area contributed by atoms with Gasteiger partial charge in [0.1, 0.15) is 0 Å². The van der Waals surface area contributed by atoms with Gasteiger partial charge >= 0.3 is 0 Å². The zero-order valence-corrected chi connectivity index (χ0v) is 16.9. The molecule has 0 aliphatic rings. The molecule has 0 saturated carbocycles. The highest BCUT2D eigenvalue weighted by Gasteiger charge is 2.00. The monoisotopic (exact) mass is 362 g/mol. The van der Waals surface area contributed by atoms with Crippen molar-refractivity contribution in [3.05, 3.63) is 25.3 Å². The van der Waals surface area contributed by atoms with Crippen LogP contribution in [0.5, 0.6) is 0 Å². The van der Waals surface area contributed by atoms with Gasteiger partial charge in [-0.05, 0) is 6.42 Å². The number of aliphatic hydroxyl groups excluding tert-OH is 1. The van der Waals surface area contributed by atoms with E-state index in [2.05, 4.69) is 20.1 Å². The predicted octanol–water partition coefficient (Wildman–Crippen LogP) is 6.99. The Morgan fingerprint density at radius 2 is 1.30 bits per heavy atom. The molecular weight excluding hydrogens is 324 g/mol. The number of unbranched alkanes of at least 4 members (excludes halogenated alkanes) is 9. The topological polar surface area (TPSA) is 20.2 Å². The van der Waals surface area contributed by atoms with Crippen molar-refractivity contribution in [1.82, 2.24) is 0 Å². The average molecular weight is 363 g/mol. The average Bonchev–Trinajstić information content (AvgIpc) is 2.57. The predicted molar refractivity (Wildman–Crippen MR) is 111 cm³/mol. The van der Waals surface area contributed by atoms with Crippen molar-refractivity contribution in [2.24, 2.45) is 0 Å². The van der Waals surface area contributed by atoms with Crippen molar-refractivity contribution in [3.8, 4) is 0 Å². The van der Waals surface area contributed by atoms with E-state index < -0.39 is 0 Å². The lowest BCUT2D eigenvalue weighted by Gasteiger charge is -2.05. The van der Waals surface area contributed by atoms with Crippen molar-refractivity contribution in [1.29, 1.82) is 0 Å². The number of alkyl halides is 1. The van der Waals surface area contributed by atoms with E-state index in [9.17, 15) is 5.11 Å². The highest BCUT2D eigenvalue weighted by Crippen LogP contribution is 2.12. The van der Waals surface area contributed by atoms with Crippen LogP contribution in [0.2, 0.25) is 0 Å². The third-order valence-corrected chi connectivity index (χ3v) is 4.84. The number of hydrogen-bond donors (Lipinski definition) is 1. The molecule has 1 unspecified atom stereocenters. The van der Waals surface area contributed by atoms with E-state index in [1.165, 1.54) is 57.8 Å². The van der Waals surface area contributed by atoms with Crippen LogP contribution in [0.25, 0.3) is 0 Å². The maximum atomic E-state index is 9.25. The molecule has 138 valence electrons. The minimum absolute atomic E-state index is 0.282. The van der Waals surface area contributed by atoms with Crippen LogP contribution < -0.4 is 0 Å². The number of rotatable bonds is 16. The van der Waals surface area contributed by atoms with E-state index in [1.807, 2.05) is 23.9 Å². The molecule has 0 fully saturated rings. The van der Waals surface area contributed by atoms with Gasteiger partial charge in [0.05, 0.1) is 6.10 Å². The third-order valence-electron chi connectivity index (χ3n) is 3.54. The molecule has 0 heterocycles. The third kappa shape index (κ3) is 27.2. The number of hydrogen-bond acceptors (Lipinski definition) is 2. The summed E-state index contributed by atoms with van der Waals surface area (Å²) in [5, 5.41) is 9.25. The van der Waals surface area contributed by atoms with Crippen molar-refractivity contribution < 1.29 is 5.11 Å². The number of thioether (sulfide) groups is 1. The minimum atomic E-state index is -0.282. The Hall–Kier alpha value is 0.0800. The van der Waals surface area contributed by atoms with E-state index in [0.717, 1.165) is 24.3 Å². The van der Waals surface area contributed by atoms with Gasteiger partial charge in [0.25, 0.3) is 0 Å². The van der Waals surface area contributed by atoms with Gasteiger partial charge in [0.15, 0.2) is 0 Å². The molecular formula is C20H39ClOS. The summed E-state index contributed by atoms with van der Waals surface area (Å²) in [5.74, 6) is 2.45. The normalized spacial score (nSPS) is 11.4. The van der Waals surface area contributed by atoms with Crippen LogP contribution in [0.4, 0.5) is 0 Å². The fourth-order valence-electron chi connectivity index (χ4n) is 2.18. The minimum Gasteiger partial charge on any atom is -0.392 e. The maximum absolute atomic E-state index is 9.25. The van der Waals surface area contributed by atoms with Crippen LogP contribution in [-0.4, -0.2) is 28.6 Å². The molecule has 23 heavy (non-hydrogen) atoms. The molecule has 3 heteroatoms. The Bertz CT molecular complexity index is 226. The fraction of sp³-hybridized carbons (Fsp3) is 0.800. The molecule has 0 amide bonds. The lowest BCUT2D eigenvalue weighted by Crippen LogP contribution is -2.07. The van der Waals surface area contributed by atoms with Crippen molar-refractivity contribution in [3.63, 3.8) is 0 Å². The first-order valence-electron chi connectivity index (χ1n) is 9.26. The van der Waals surface area contributed by atoms with E-state index in [0.29, 0.717) is 5.88 Å². The largest absolute Gasteiger partial charge is 0.392 e. The van der Waals surface area contributed by atoms with Gasteiger partial charge in [-0.2, -0.15) is 11.8 Å². The summed E-state index contributed by atoms with van der Waals surface area (Å²) in [6, 6.07) is 0. The first kappa shape index (κ1) is 25.3. The fourth-order valence-corrected chi connectivity index (χ4v) is 2.80. The molecule has 1 nitrogen and oxygen atoms in total. The summed E-state index contributed by atoms with van der Waals surface area (Å²) >= 11 is 7.34. The Morgan fingerprint density at radius 3 is 1.70 bits per heavy atom. The van der Waals surface area contributed by atoms with Gasteiger partial charge in [-0.15, -0.1) is 24.8 Å². The van der Waals surface area contributed by atoms with Gasteiger partial charge < -0.3 is 5.11 Å². The highest BCUT2D eigenvalue weighted by molar-refractivity contribution is 7.99. The van der Waals surface area contributed by atoms with Gasteiger partial charge in [0, 0.05) is 17.4 Å². The summed E-state index contributed by atoms with van der Waals surface area (Å²) in [5.41, 5.74) is 0. The van der Waals surface area contributed by atoms with Crippen LogP contribution in [0.15, 0.2) is 25.3 Å². The summed E-state index contributed by atoms with van der Waals surface area (Å²) < 4.78 is 0. The Kier molecular flexibility index (Phi) is 26.8. The van der Waals surface area contributed by atoms with E-state index >= 15 is 0 Å². The molecule has 0 aliphatic carbocycles. The molecule has 0 aromatic carbocycles. The zero-order chi connectivity index (χ0) is 17.6. The molecule has 1 N–H and O–H groups in total. The van der Waals surface area contributed by atoms with E-state index in [-0.39, 0.29) is 6.10 Å².